The van der Waals surface area contributed by atoms with E-state index in [1.54, 1.807) is 5.57 Å². The maximum atomic E-state index is 3.86. The van der Waals surface area contributed by atoms with Crippen LogP contribution in [-0.2, 0) is 6.54 Å². The van der Waals surface area contributed by atoms with Crippen LogP contribution in [0.15, 0.2) is 42.0 Å². The number of nitrogens with one attached hydrogen (secondary N) is 1. The van der Waals surface area contributed by atoms with Crippen molar-refractivity contribution in [2.24, 2.45) is 11.3 Å². The van der Waals surface area contributed by atoms with E-state index in [1.807, 2.05) is 0 Å². The van der Waals surface area contributed by atoms with Crippen molar-refractivity contribution in [2.75, 3.05) is 26.2 Å². The van der Waals surface area contributed by atoms with Crippen LogP contribution >= 0.6 is 0 Å². The second-order valence-corrected chi connectivity index (χ2v) is 10.2. The Morgan fingerprint density at radius 3 is 2.60 bits per heavy atom. The normalized spacial score (nSPS) is 33.7. The van der Waals surface area contributed by atoms with Gasteiger partial charge in [0, 0.05) is 49.1 Å². The SMILES string of the molecule is CCCCNC[C@@H]1C2N(Cc3ccccc3)CC[C@H]3N(CCCC)[C@@H]1C(C)=C[C@@]23C. The number of hydrogen-bond donors (Lipinski definition) is 1. The average molecular weight is 410 g/mol. The Kier molecular flexibility index (Phi) is 7.01. The van der Waals surface area contributed by atoms with Gasteiger partial charge in [-0.1, -0.05) is 75.6 Å². The summed E-state index contributed by atoms with van der Waals surface area (Å²) in [6, 6.07) is 13.1. The zero-order chi connectivity index (χ0) is 21.1. The Hall–Kier alpha value is -1.16. The molecule has 0 radical (unpaired) electrons. The van der Waals surface area contributed by atoms with Gasteiger partial charge in [0.05, 0.1) is 0 Å². The van der Waals surface area contributed by atoms with E-state index < -0.39 is 0 Å². The minimum atomic E-state index is 0.261. The molecule has 0 aromatic heterocycles. The Bertz CT molecular complexity index is 714. The molecule has 4 bridgehead atoms. The number of likely N-dealkylation sites (tertiary alicyclic amines) is 1. The van der Waals surface area contributed by atoms with Gasteiger partial charge < -0.3 is 5.32 Å². The van der Waals surface area contributed by atoms with Gasteiger partial charge in [-0.15, -0.1) is 0 Å². The lowest BCUT2D eigenvalue weighted by Crippen LogP contribution is -2.76. The predicted octanol–water partition coefficient (Wildman–Crippen LogP) is 5.09. The molecule has 2 fully saturated rings. The highest BCUT2D eigenvalue weighted by Crippen LogP contribution is 2.55. The molecule has 0 spiro atoms. The Morgan fingerprint density at radius 2 is 1.87 bits per heavy atom. The average Bonchev–Trinajstić information content (AvgIpc) is 2.73. The van der Waals surface area contributed by atoms with Crippen LogP contribution in [0.4, 0.5) is 0 Å². The van der Waals surface area contributed by atoms with Crippen LogP contribution in [0.25, 0.3) is 0 Å². The Labute approximate surface area is 184 Å². The third-order valence-electron chi connectivity index (χ3n) is 8.10. The van der Waals surface area contributed by atoms with Crippen LogP contribution in [0.1, 0.15) is 65.4 Å². The quantitative estimate of drug-likeness (QED) is 0.429. The summed E-state index contributed by atoms with van der Waals surface area (Å²) in [6.07, 6.45) is 9.16. The van der Waals surface area contributed by atoms with Crippen molar-refractivity contribution < 1.29 is 0 Å². The van der Waals surface area contributed by atoms with Crippen LogP contribution in [0.3, 0.4) is 0 Å². The smallest absolute Gasteiger partial charge is 0.0364 e. The van der Waals surface area contributed by atoms with Crippen molar-refractivity contribution in [3.05, 3.63) is 47.5 Å². The third-order valence-corrected chi connectivity index (χ3v) is 8.10. The van der Waals surface area contributed by atoms with Gasteiger partial charge in [-0.25, -0.2) is 0 Å². The van der Waals surface area contributed by atoms with E-state index in [0.717, 1.165) is 19.6 Å². The molecule has 3 nitrogen and oxygen atoms in total. The second-order valence-electron chi connectivity index (χ2n) is 10.2. The van der Waals surface area contributed by atoms with Gasteiger partial charge in [0.25, 0.3) is 0 Å². The van der Waals surface area contributed by atoms with E-state index in [-0.39, 0.29) is 5.41 Å². The van der Waals surface area contributed by atoms with Crippen molar-refractivity contribution in [2.45, 2.75) is 84.5 Å². The van der Waals surface area contributed by atoms with E-state index >= 15 is 0 Å². The minimum absolute atomic E-state index is 0.261. The summed E-state index contributed by atoms with van der Waals surface area (Å²) in [5, 5.41) is 3.86. The van der Waals surface area contributed by atoms with Crippen LogP contribution in [-0.4, -0.2) is 54.1 Å². The van der Waals surface area contributed by atoms with Crippen LogP contribution in [0, 0.1) is 11.3 Å². The van der Waals surface area contributed by atoms with Crippen molar-refractivity contribution in [1.82, 2.24) is 15.1 Å². The predicted molar refractivity (Wildman–Crippen MR) is 128 cm³/mol. The molecule has 0 saturated carbocycles. The zero-order valence-electron chi connectivity index (χ0n) is 19.7. The lowest BCUT2D eigenvalue weighted by molar-refractivity contribution is -0.137. The van der Waals surface area contributed by atoms with Gasteiger partial charge in [0.1, 0.15) is 0 Å². The van der Waals surface area contributed by atoms with Crippen LogP contribution < -0.4 is 5.32 Å². The molecule has 3 heterocycles. The fourth-order valence-corrected chi connectivity index (χ4v) is 6.98. The highest BCUT2D eigenvalue weighted by atomic mass is 15.3. The van der Waals surface area contributed by atoms with Gasteiger partial charge in [-0.2, -0.15) is 0 Å². The van der Waals surface area contributed by atoms with Crippen LogP contribution in [0.2, 0.25) is 0 Å². The molecule has 1 aromatic carbocycles. The first-order chi connectivity index (χ1) is 14.6. The highest BCUT2D eigenvalue weighted by Gasteiger charge is 2.61. The Balaban J connectivity index is 1.63. The van der Waals surface area contributed by atoms with E-state index in [9.17, 15) is 0 Å². The summed E-state index contributed by atoms with van der Waals surface area (Å²) >= 11 is 0. The van der Waals surface area contributed by atoms with Gasteiger partial charge in [0.2, 0.25) is 0 Å². The summed E-state index contributed by atoms with van der Waals surface area (Å²) in [5.41, 5.74) is 3.35. The molecular weight excluding hydrogens is 366 g/mol. The molecule has 1 aliphatic carbocycles. The fourth-order valence-electron chi connectivity index (χ4n) is 6.98. The first-order valence-corrected chi connectivity index (χ1v) is 12.5. The standard InChI is InChI=1S/C27H43N3/c1-5-7-15-28-19-23-25-21(3)18-27(4)24(30(25)16-8-6-2)14-17-29(26(23)27)20-22-12-10-9-11-13-22/h9-13,18,23-26,28H,5-8,14-17,19-20H2,1-4H3/t23-,24+,25+,26?,27+/m0/s1. The fraction of sp³-hybridized carbons (Fsp3) is 0.704. The van der Waals surface area contributed by atoms with E-state index in [4.69, 9.17) is 0 Å². The molecule has 5 rings (SSSR count). The molecule has 30 heavy (non-hydrogen) atoms. The number of benzene rings is 1. The van der Waals surface area contributed by atoms with Crippen molar-refractivity contribution in [3.8, 4) is 0 Å². The van der Waals surface area contributed by atoms with E-state index in [0.29, 0.717) is 24.0 Å². The third kappa shape index (κ3) is 4.01. The van der Waals surface area contributed by atoms with Gasteiger partial charge >= 0.3 is 0 Å². The molecule has 1 unspecified atom stereocenters. The largest absolute Gasteiger partial charge is 0.316 e. The van der Waals surface area contributed by atoms with E-state index in [1.165, 1.54) is 50.8 Å². The van der Waals surface area contributed by atoms with Gasteiger partial charge in [-0.05, 0) is 44.8 Å². The van der Waals surface area contributed by atoms with Crippen molar-refractivity contribution >= 4 is 0 Å². The molecule has 3 heteroatoms. The van der Waals surface area contributed by atoms with Gasteiger partial charge in [-0.3, -0.25) is 9.80 Å². The minimum Gasteiger partial charge on any atom is -0.316 e. The number of nitrogens with zero attached hydrogens (tertiary/aromatic N) is 2. The highest BCUT2D eigenvalue weighted by molar-refractivity contribution is 5.33. The molecule has 1 aromatic rings. The number of hydrogen-bond acceptors (Lipinski definition) is 3. The lowest BCUT2D eigenvalue weighted by Gasteiger charge is -2.68. The molecule has 3 aliphatic heterocycles. The molecule has 1 N–H and O–H groups in total. The maximum absolute atomic E-state index is 3.86. The molecule has 4 aliphatic rings. The Morgan fingerprint density at radius 1 is 1.10 bits per heavy atom. The zero-order valence-corrected chi connectivity index (χ0v) is 19.7. The molecule has 2 saturated heterocycles. The first kappa shape index (κ1) is 22.0. The summed E-state index contributed by atoms with van der Waals surface area (Å²) in [6.45, 7) is 15.5. The number of unbranched alkanes of at least 4 members (excludes halogenated alkanes) is 2. The summed E-state index contributed by atoms with van der Waals surface area (Å²) < 4.78 is 0. The monoisotopic (exact) mass is 409 g/mol. The summed E-state index contributed by atoms with van der Waals surface area (Å²) in [4.78, 5) is 5.77. The topological polar surface area (TPSA) is 18.5 Å². The summed E-state index contributed by atoms with van der Waals surface area (Å²) in [7, 11) is 0. The maximum Gasteiger partial charge on any atom is 0.0364 e. The molecule has 0 amide bonds. The van der Waals surface area contributed by atoms with Crippen molar-refractivity contribution in [3.63, 3.8) is 0 Å². The number of piperidine rings is 2. The van der Waals surface area contributed by atoms with Gasteiger partial charge in [0.15, 0.2) is 0 Å². The lowest BCUT2D eigenvalue weighted by atomic mass is 9.55. The molecule has 5 atom stereocenters. The van der Waals surface area contributed by atoms with Crippen LogP contribution in [0.5, 0.6) is 0 Å². The second kappa shape index (κ2) is 9.54. The molecule has 166 valence electrons. The molecular formula is C27H43N3. The number of rotatable bonds is 10. The van der Waals surface area contributed by atoms with E-state index in [2.05, 4.69) is 79.2 Å². The first-order valence-electron chi connectivity index (χ1n) is 12.5. The van der Waals surface area contributed by atoms with Crippen molar-refractivity contribution in [1.29, 1.82) is 0 Å². The summed E-state index contributed by atoms with van der Waals surface area (Å²) in [5.74, 6) is 0.675.